The summed E-state index contributed by atoms with van der Waals surface area (Å²) in [5.74, 6) is -0.139. The minimum Gasteiger partial charge on any atom is -0.481 e. The molecule has 82 valence electrons. The molecule has 2 atom stereocenters. The summed E-state index contributed by atoms with van der Waals surface area (Å²) in [7, 11) is 0. The summed E-state index contributed by atoms with van der Waals surface area (Å²) >= 11 is 0. The van der Waals surface area contributed by atoms with Gasteiger partial charge in [0.2, 0.25) is 0 Å². The van der Waals surface area contributed by atoms with E-state index >= 15 is 0 Å². The fraction of sp³-hybridized carbons (Fsp3) is 0.909. The Morgan fingerprint density at radius 1 is 1.64 bits per heavy atom. The quantitative estimate of drug-likeness (QED) is 0.687. The van der Waals surface area contributed by atoms with Crippen molar-refractivity contribution in [3.63, 3.8) is 0 Å². The van der Waals surface area contributed by atoms with Crippen LogP contribution in [0.25, 0.3) is 0 Å². The summed E-state index contributed by atoms with van der Waals surface area (Å²) in [6.07, 6.45) is 5.98. The lowest BCUT2D eigenvalue weighted by atomic mass is 9.57. The molecule has 14 heavy (non-hydrogen) atoms. The average molecular weight is 199 g/mol. The molecule has 0 aromatic heterocycles. The van der Waals surface area contributed by atoms with E-state index < -0.39 is 5.97 Å². The molecule has 1 aliphatic carbocycles. The third kappa shape index (κ3) is 2.27. The number of unbranched alkanes of at least 4 members (excludes halogenated alkanes) is 1. The van der Waals surface area contributed by atoms with Crippen molar-refractivity contribution >= 4 is 5.97 Å². The van der Waals surface area contributed by atoms with Crippen LogP contribution < -0.4 is 5.73 Å². The predicted octanol–water partition coefficient (Wildman–Crippen LogP) is 2.01. The van der Waals surface area contributed by atoms with Crippen molar-refractivity contribution in [2.24, 2.45) is 17.1 Å². The van der Waals surface area contributed by atoms with E-state index in [1.54, 1.807) is 0 Å². The van der Waals surface area contributed by atoms with E-state index in [1.165, 1.54) is 19.3 Å². The van der Waals surface area contributed by atoms with Crippen molar-refractivity contribution in [1.82, 2.24) is 0 Å². The maximum atomic E-state index is 10.7. The molecule has 0 spiro atoms. The van der Waals surface area contributed by atoms with Crippen molar-refractivity contribution in [1.29, 1.82) is 0 Å². The fourth-order valence-electron chi connectivity index (χ4n) is 2.53. The summed E-state index contributed by atoms with van der Waals surface area (Å²) in [6.45, 7) is 2.70. The molecule has 0 aliphatic heterocycles. The normalized spacial score (nSPS) is 31.1. The third-order valence-corrected chi connectivity index (χ3v) is 3.67. The van der Waals surface area contributed by atoms with Crippen LogP contribution in [0.1, 0.15) is 45.4 Å². The van der Waals surface area contributed by atoms with Gasteiger partial charge in [-0.15, -0.1) is 0 Å². The highest BCUT2D eigenvalue weighted by atomic mass is 16.4. The van der Waals surface area contributed by atoms with Crippen LogP contribution in [0.15, 0.2) is 0 Å². The van der Waals surface area contributed by atoms with E-state index in [-0.39, 0.29) is 11.8 Å². The van der Waals surface area contributed by atoms with Crippen LogP contribution in [0, 0.1) is 11.3 Å². The molecule has 3 nitrogen and oxygen atoms in total. The van der Waals surface area contributed by atoms with E-state index in [4.69, 9.17) is 10.8 Å². The summed E-state index contributed by atoms with van der Waals surface area (Å²) in [4.78, 5) is 10.7. The number of hydrogen-bond donors (Lipinski definition) is 2. The van der Waals surface area contributed by atoms with Gasteiger partial charge in [0.25, 0.3) is 0 Å². The number of carboxylic acids is 1. The topological polar surface area (TPSA) is 63.3 Å². The molecule has 3 heteroatoms. The van der Waals surface area contributed by atoms with Crippen LogP contribution >= 0.6 is 0 Å². The molecule has 0 amide bonds. The maximum Gasteiger partial charge on any atom is 0.303 e. The highest BCUT2D eigenvalue weighted by molar-refractivity contribution is 5.68. The molecule has 0 radical (unpaired) electrons. The summed E-state index contributed by atoms with van der Waals surface area (Å²) in [6, 6.07) is 0. The van der Waals surface area contributed by atoms with Gasteiger partial charge in [-0.1, -0.05) is 19.8 Å². The Hall–Kier alpha value is -0.570. The van der Waals surface area contributed by atoms with Gasteiger partial charge in [-0.2, -0.15) is 0 Å². The Bertz CT molecular complexity index is 201. The molecule has 1 aliphatic rings. The number of nitrogens with two attached hydrogens (primary N) is 1. The first-order valence-electron chi connectivity index (χ1n) is 5.56. The molecular weight excluding hydrogens is 178 g/mol. The standard InChI is InChI=1S/C11H21NO2/c1-2-3-4-9-5-6-11(9,8-12)7-10(13)14/h9H,2-8,12H2,1H3,(H,13,14)/t9-,11+/m1/s1. The largest absolute Gasteiger partial charge is 0.481 e. The summed E-state index contributed by atoms with van der Waals surface area (Å²) < 4.78 is 0. The Morgan fingerprint density at radius 3 is 2.71 bits per heavy atom. The number of hydrogen-bond acceptors (Lipinski definition) is 2. The molecule has 0 heterocycles. The van der Waals surface area contributed by atoms with Gasteiger partial charge in [-0.3, -0.25) is 4.79 Å². The zero-order valence-corrected chi connectivity index (χ0v) is 8.96. The van der Waals surface area contributed by atoms with Gasteiger partial charge in [-0.05, 0) is 37.1 Å². The van der Waals surface area contributed by atoms with Gasteiger partial charge in [-0.25, -0.2) is 0 Å². The molecule has 1 saturated carbocycles. The van der Waals surface area contributed by atoms with Crippen LogP contribution in [0.2, 0.25) is 0 Å². The molecule has 0 saturated heterocycles. The van der Waals surface area contributed by atoms with Crippen LogP contribution in [0.3, 0.4) is 0 Å². The van der Waals surface area contributed by atoms with Crippen molar-refractivity contribution in [2.45, 2.75) is 45.4 Å². The lowest BCUT2D eigenvalue weighted by Gasteiger charge is -2.48. The maximum absolute atomic E-state index is 10.7. The van der Waals surface area contributed by atoms with Crippen molar-refractivity contribution in [2.75, 3.05) is 6.54 Å². The van der Waals surface area contributed by atoms with Crippen LogP contribution in [0.5, 0.6) is 0 Å². The lowest BCUT2D eigenvalue weighted by Crippen LogP contribution is -2.47. The zero-order chi connectivity index (χ0) is 10.6. The van der Waals surface area contributed by atoms with Gasteiger partial charge in [0, 0.05) is 0 Å². The Labute approximate surface area is 85.7 Å². The molecule has 1 fully saturated rings. The van der Waals surface area contributed by atoms with E-state index in [0.717, 1.165) is 12.8 Å². The minimum absolute atomic E-state index is 0.0684. The van der Waals surface area contributed by atoms with Crippen LogP contribution in [0.4, 0.5) is 0 Å². The van der Waals surface area contributed by atoms with Gasteiger partial charge in [0.1, 0.15) is 0 Å². The summed E-state index contributed by atoms with van der Waals surface area (Å²) in [5.41, 5.74) is 5.65. The van der Waals surface area contributed by atoms with Gasteiger partial charge >= 0.3 is 5.97 Å². The van der Waals surface area contributed by atoms with Gasteiger partial charge in [0.05, 0.1) is 6.42 Å². The first-order chi connectivity index (χ1) is 6.64. The van der Waals surface area contributed by atoms with Crippen molar-refractivity contribution in [3.05, 3.63) is 0 Å². The monoisotopic (exact) mass is 199 g/mol. The molecule has 0 aromatic rings. The smallest absolute Gasteiger partial charge is 0.303 e. The van der Waals surface area contributed by atoms with E-state index in [9.17, 15) is 4.79 Å². The van der Waals surface area contributed by atoms with Crippen LogP contribution in [-0.2, 0) is 4.79 Å². The first-order valence-corrected chi connectivity index (χ1v) is 5.56. The Balaban J connectivity index is 2.48. The molecule has 0 bridgehead atoms. The predicted molar refractivity (Wildman–Crippen MR) is 56.0 cm³/mol. The number of carbonyl (C=O) groups is 1. The third-order valence-electron chi connectivity index (χ3n) is 3.67. The molecule has 3 N–H and O–H groups in total. The summed E-state index contributed by atoms with van der Waals surface area (Å²) in [5, 5.41) is 8.83. The fourth-order valence-corrected chi connectivity index (χ4v) is 2.53. The number of aliphatic carboxylic acids is 1. The number of carboxylic acid groups (broad SMARTS) is 1. The van der Waals surface area contributed by atoms with Crippen molar-refractivity contribution in [3.8, 4) is 0 Å². The van der Waals surface area contributed by atoms with Crippen LogP contribution in [-0.4, -0.2) is 17.6 Å². The van der Waals surface area contributed by atoms with E-state index in [2.05, 4.69) is 6.92 Å². The Kier molecular flexibility index (Phi) is 3.93. The Morgan fingerprint density at radius 2 is 2.36 bits per heavy atom. The highest BCUT2D eigenvalue weighted by Crippen LogP contribution is 2.50. The molecule has 0 unspecified atom stereocenters. The molecule has 0 aromatic carbocycles. The van der Waals surface area contributed by atoms with E-state index in [1.807, 2.05) is 0 Å². The van der Waals surface area contributed by atoms with E-state index in [0.29, 0.717) is 12.5 Å². The average Bonchev–Trinajstić information content (AvgIpc) is 2.12. The minimum atomic E-state index is -0.698. The second kappa shape index (κ2) is 4.78. The molecular formula is C11H21NO2. The van der Waals surface area contributed by atoms with Crippen molar-refractivity contribution < 1.29 is 9.90 Å². The SMILES string of the molecule is CCCC[C@@H]1CC[C@@]1(CN)CC(=O)O. The lowest BCUT2D eigenvalue weighted by molar-refractivity contribution is -0.143. The second-order valence-electron chi connectivity index (χ2n) is 4.51. The highest BCUT2D eigenvalue weighted by Gasteiger charge is 2.46. The van der Waals surface area contributed by atoms with Gasteiger partial charge in [0.15, 0.2) is 0 Å². The first kappa shape index (κ1) is 11.5. The second-order valence-corrected chi connectivity index (χ2v) is 4.51. The zero-order valence-electron chi connectivity index (χ0n) is 8.96. The van der Waals surface area contributed by atoms with Gasteiger partial charge < -0.3 is 10.8 Å². The molecule has 1 rings (SSSR count). The number of rotatable bonds is 6.